The van der Waals surface area contributed by atoms with Crippen molar-refractivity contribution in [2.45, 2.75) is 6.92 Å². The first-order chi connectivity index (χ1) is 12.6. The van der Waals surface area contributed by atoms with Gasteiger partial charge in [0.15, 0.2) is 5.13 Å². The largest absolute Gasteiger partial charge is 0.494 e. The number of thiazole rings is 1. The van der Waals surface area contributed by atoms with Gasteiger partial charge in [0, 0.05) is 0 Å². The molecule has 0 saturated carbocycles. The van der Waals surface area contributed by atoms with Crippen molar-refractivity contribution in [2.75, 3.05) is 18.5 Å². The summed E-state index contributed by atoms with van der Waals surface area (Å²) in [5.41, 5.74) is 1.10. The molecule has 1 aromatic heterocycles. The van der Waals surface area contributed by atoms with E-state index in [1.54, 1.807) is 24.3 Å². The van der Waals surface area contributed by atoms with Crippen molar-refractivity contribution in [1.29, 1.82) is 0 Å². The molecule has 2 amide bonds. The number of ether oxygens (including phenoxy) is 1. The lowest BCUT2D eigenvalue weighted by Gasteiger charge is -2.06. The van der Waals surface area contributed by atoms with Crippen LogP contribution in [0.2, 0.25) is 5.02 Å². The van der Waals surface area contributed by atoms with Gasteiger partial charge >= 0.3 is 0 Å². The molecule has 0 aliphatic carbocycles. The normalized spacial score (nSPS) is 10.5. The molecule has 0 aliphatic heterocycles. The molecule has 1 heterocycles. The SMILES string of the molecule is CCOc1ccc2nc(NC(=O)CNC(=O)c3ccccc3Cl)sc2c1. The lowest BCUT2D eigenvalue weighted by Crippen LogP contribution is -2.32. The topological polar surface area (TPSA) is 80.3 Å². The predicted octanol–water partition coefficient (Wildman–Crippen LogP) is 3.72. The van der Waals surface area contributed by atoms with E-state index in [9.17, 15) is 9.59 Å². The Morgan fingerprint density at radius 3 is 2.81 bits per heavy atom. The van der Waals surface area contributed by atoms with E-state index < -0.39 is 5.91 Å². The van der Waals surface area contributed by atoms with Crippen LogP contribution in [0, 0.1) is 0 Å². The minimum Gasteiger partial charge on any atom is -0.494 e. The number of aromatic nitrogens is 1. The lowest BCUT2D eigenvalue weighted by atomic mass is 10.2. The summed E-state index contributed by atoms with van der Waals surface area (Å²) in [5.74, 6) is -0.0144. The van der Waals surface area contributed by atoms with Crippen molar-refractivity contribution in [3.05, 3.63) is 53.1 Å². The van der Waals surface area contributed by atoms with Crippen LogP contribution in [-0.4, -0.2) is 29.9 Å². The van der Waals surface area contributed by atoms with Gasteiger partial charge in [-0.25, -0.2) is 4.98 Å². The summed E-state index contributed by atoms with van der Waals surface area (Å²) in [6.45, 7) is 2.32. The van der Waals surface area contributed by atoms with Crippen molar-refractivity contribution in [3.8, 4) is 5.75 Å². The van der Waals surface area contributed by atoms with Crippen molar-refractivity contribution in [1.82, 2.24) is 10.3 Å². The van der Waals surface area contributed by atoms with Gasteiger partial charge in [-0.3, -0.25) is 9.59 Å². The van der Waals surface area contributed by atoms with E-state index in [-0.39, 0.29) is 12.5 Å². The number of nitrogens with zero attached hydrogens (tertiary/aromatic N) is 1. The molecule has 0 saturated heterocycles. The third-order valence-electron chi connectivity index (χ3n) is 3.45. The molecule has 6 nitrogen and oxygen atoms in total. The number of hydrogen-bond donors (Lipinski definition) is 2. The van der Waals surface area contributed by atoms with Crippen LogP contribution in [0.4, 0.5) is 5.13 Å². The summed E-state index contributed by atoms with van der Waals surface area (Å²) in [6, 6.07) is 12.2. The second-order valence-corrected chi connectivity index (χ2v) is 6.73. The molecular weight excluding hydrogens is 374 g/mol. The number of amides is 2. The number of fused-ring (bicyclic) bond motifs is 1. The molecule has 134 valence electrons. The number of hydrogen-bond acceptors (Lipinski definition) is 5. The first kappa shape index (κ1) is 18.2. The molecule has 0 fully saturated rings. The Bertz CT molecular complexity index is 958. The highest BCUT2D eigenvalue weighted by Crippen LogP contribution is 2.29. The summed E-state index contributed by atoms with van der Waals surface area (Å²) in [4.78, 5) is 28.5. The molecule has 3 rings (SSSR count). The monoisotopic (exact) mass is 389 g/mol. The number of anilines is 1. The van der Waals surface area contributed by atoms with E-state index in [0.717, 1.165) is 16.0 Å². The molecule has 0 bridgehead atoms. The molecule has 8 heteroatoms. The van der Waals surface area contributed by atoms with Gasteiger partial charge in [-0.1, -0.05) is 35.1 Å². The van der Waals surface area contributed by atoms with Crippen LogP contribution in [0.1, 0.15) is 17.3 Å². The number of nitrogens with one attached hydrogen (secondary N) is 2. The molecule has 0 aliphatic rings. The zero-order valence-electron chi connectivity index (χ0n) is 13.9. The maximum atomic E-state index is 12.1. The fourth-order valence-electron chi connectivity index (χ4n) is 2.28. The van der Waals surface area contributed by atoms with Crippen LogP contribution in [0.15, 0.2) is 42.5 Å². The standard InChI is InChI=1S/C18H16ClN3O3S/c1-2-25-11-7-8-14-15(9-11)26-18(21-14)22-16(23)10-20-17(24)12-5-3-4-6-13(12)19/h3-9H,2,10H2,1H3,(H,20,24)(H,21,22,23). The number of benzene rings is 2. The van der Waals surface area contributed by atoms with Gasteiger partial charge in [-0.05, 0) is 37.3 Å². The highest BCUT2D eigenvalue weighted by atomic mass is 35.5. The van der Waals surface area contributed by atoms with Gasteiger partial charge in [0.1, 0.15) is 5.75 Å². The zero-order valence-corrected chi connectivity index (χ0v) is 15.5. The quantitative estimate of drug-likeness (QED) is 0.673. The molecule has 26 heavy (non-hydrogen) atoms. The van der Waals surface area contributed by atoms with E-state index >= 15 is 0 Å². The molecule has 0 spiro atoms. The van der Waals surface area contributed by atoms with Crippen molar-refractivity contribution in [2.24, 2.45) is 0 Å². The summed E-state index contributed by atoms with van der Waals surface area (Å²) in [7, 11) is 0. The maximum Gasteiger partial charge on any atom is 0.253 e. The average Bonchev–Trinajstić information content (AvgIpc) is 3.02. The van der Waals surface area contributed by atoms with Crippen LogP contribution in [0.25, 0.3) is 10.2 Å². The van der Waals surface area contributed by atoms with Crippen LogP contribution < -0.4 is 15.4 Å². The third-order valence-corrected chi connectivity index (χ3v) is 4.71. The van der Waals surface area contributed by atoms with Gasteiger partial charge in [-0.15, -0.1) is 0 Å². The lowest BCUT2D eigenvalue weighted by molar-refractivity contribution is -0.115. The Morgan fingerprint density at radius 1 is 1.23 bits per heavy atom. The molecule has 0 unspecified atom stereocenters. The summed E-state index contributed by atoms with van der Waals surface area (Å²) in [5, 5.41) is 6.02. The highest BCUT2D eigenvalue weighted by molar-refractivity contribution is 7.22. The smallest absolute Gasteiger partial charge is 0.253 e. The number of carbonyl (C=O) groups excluding carboxylic acids is 2. The van der Waals surface area contributed by atoms with E-state index in [2.05, 4.69) is 15.6 Å². The molecule has 0 radical (unpaired) electrons. The number of carbonyl (C=O) groups is 2. The van der Waals surface area contributed by atoms with E-state index in [1.165, 1.54) is 11.3 Å². The van der Waals surface area contributed by atoms with Crippen LogP contribution in [0.3, 0.4) is 0 Å². The van der Waals surface area contributed by atoms with Gasteiger partial charge in [0.25, 0.3) is 5.91 Å². The minimum absolute atomic E-state index is 0.176. The maximum absolute atomic E-state index is 12.1. The van der Waals surface area contributed by atoms with E-state index in [1.807, 2.05) is 25.1 Å². The van der Waals surface area contributed by atoms with Gasteiger partial charge in [-0.2, -0.15) is 0 Å². The zero-order chi connectivity index (χ0) is 18.5. The molecule has 2 N–H and O–H groups in total. The average molecular weight is 390 g/mol. The van der Waals surface area contributed by atoms with Crippen molar-refractivity contribution >= 4 is 50.1 Å². The Hall–Kier alpha value is -2.64. The van der Waals surface area contributed by atoms with E-state index in [4.69, 9.17) is 16.3 Å². The van der Waals surface area contributed by atoms with Crippen LogP contribution in [0.5, 0.6) is 5.75 Å². The summed E-state index contributed by atoms with van der Waals surface area (Å²) in [6.07, 6.45) is 0. The Morgan fingerprint density at radius 2 is 2.04 bits per heavy atom. The predicted molar refractivity (Wildman–Crippen MR) is 103 cm³/mol. The molecular formula is C18H16ClN3O3S. The van der Waals surface area contributed by atoms with Crippen LogP contribution >= 0.6 is 22.9 Å². The molecule has 3 aromatic rings. The van der Waals surface area contributed by atoms with Gasteiger partial charge < -0.3 is 15.4 Å². The summed E-state index contributed by atoms with van der Waals surface area (Å²) < 4.78 is 6.36. The first-order valence-corrected chi connectivity index (χ1v) is 9.12. The van der Waals surface area contributed by atoms with Crippen LogP contribution in [-0.2, 0) is 4.79 Å². The Balaban J connectivity index is 1.60. The molecule has 2 aromatic carbocycles. The van der Waals surface area contributed by atoms with Gasteiger partial charge in [0.05, 0.1) is 34.0 Å². The fraction of sp³-hybridized carbons (Fsp3) is 0.167. The first-order valence-electron chi connectivity index (χ1n) is 7.93. The molecule has 0 atom stereocenters. The highest BCUT2D eigenvalue weighted by Gasteiger charge is 2.12. The fourth-order valence-corrected chi connectivity index (χ4v) is 3.41. The third kappa shape index (κ3) is 4.30. The number of rotatable bonds is 6. The Kier molecular flexibility index (Phi) is 5.70. The van der Waals surface area contributed by atoms with Crippen molar-refractivity contribution in [3.63, 3.8) is 0 Å². The summed E-state index contributed by atoms with van der Waals surface area (Å²) >= 11 is 7.31. The number of halogens is 1. The van der Waals surface area contributed by atoms with Gasteiger partial charge in [0.2, 0.25) is 5.91 Å². The van der Waals surface area contributed by atoms with Crippen molar-refractivity contribution < 1.29 is 14.3 Å². The second kappa shape index (κ2) is 8.16. The van der Waals surface area contributed by atoms with E-state index in [0.29, 0.717) is 22.3 Å². The second-order valence-electron chi connectivity index (χ2n) is 5.29. The minimum atomic E-state index is -0.406. The Labute approximate surface area is 159 Å².